The van der Waals surface area contributed by atoms with Gasteiger partial charge in [-0.3, -0.25) is 9.20 Å². The summed E-state index contributed by atoms with van der Waals surface area (Å²) in [7, 11) is 0. The molecule has 28 heavy (non-hydrogen) atoms. The molecule has 1 aliphatic heterocycles. The Morgan fingerprint density at radius 3 is 2.46 bits per heavy atom. The van der Waals surface area contributed by atoms with Gasteiger partial charge < -0.3 is 4.90 Å². The molecule has 1 aliphatic rings. The number of hydrogen-bond donors (Lipinski definition) is 0. The Hall–Kier alpha value is -2.51. The smallest absolute Gasteiger partial charge is 0.301 e. The molecule has 0 saturated carbocycles. The SMILES string of the molecule is Cl.O=C(c1ccc(F)cc1)C1CCN(CCn2nc3ccccn3c2=O)CC1. The minimum Gasteiger partial charge on any atom is -0.301 e. The van der Waals surface area contributed by atoms with E-state index in [0.29, 0.717) is 17.8 Å². The summed E-state index contributed by atoms with van der Waals surface area (Å²) in [6, 6.07) is 11.2. The van der Waals surface area contributed by atoms with Gasteiger partial charge in [-0.1, -0.05) is 6.07 Å². The van der Waals surface area contributed by atoms with Gasteiger partial charge in [0.15, 0.2) is 11.4 Å². The summed E-state index contributed by atoms with van der Waals surface area (Å²) in [6.45, 7) is 2.86. The van der Waals surface area contributed by atoms with Gasteiger partial charge in [-0.15, -0.1) is 17.5 Å². The standard InChI is InChI=1S/C20H21FN4O2.ClH/c21-17-6-4-15(5-7-17)19(26)16-8-11-23(12-9-16)13-14-25-20(27)24-10-2-1-3-18(24)22-25;/h1-7,10,16H,8-9,11-14H2;1H. The lowest BCUT2D eigenvalue weighted by molar-refractivity contribution is 0.0836. The van der Waals surface area contributed by atoms with Crippen LogP contribution in [0.15, 0.2) is 53.5 Å². The third-order valence-electron chi connectivity index (χ3n) is 5.20. The third-order valence-corrected chi connectivity index (χ3v) is 5.20. The number of likely N-dealkylation sites (tertiary alicyclic amines) is 1. The highest BCUT2D eigenvalue weighted by Crippen LogP contribution is 2.22. The van der Waals surface area contributed by atoms with Crippen LogP contribution in [0, 0.1) is 11.7 Å². The number of hydrogen-bond acceptors (Lipinski definition) is 4. The number of carbonyl (C=O) groups excluding carboxylic acids is 1. The molecular weight excluding hydrogens is 383 g/mol. The largest absolute Gasteiger partial charge is 0.350 e. The first-order chi connectivity index (χ1) is 13.1. The second-order valence-electron chi connectivity index (χ2n) is 6.92. The summed E-state index contributed by atoms with van der Waals surface area (Å²) in [5.74, 6) is -0.264. The lowest BCUT2D eigenvalue weighted by atomic mass is 9.89. The van der Waals surface area contributed by atoms with Crippen LogP contribution in [-0.4, -0.2) is 44.5 Å². The van der Waals surface area contributed by atoms with Crippen molar-refractivity contribution in [3.05, 3.63) is 70.5 Å². The second kappa shape index (κ2) is 8.67. The monoisotopic (exact) mass is 404 g/mol. The highest BCUT2D eigenvalue weighted by atomic mass is 35.5. The molecule has 3 aromatic rings. The van der Waals surface area contributed by atoms with E-state index in [1.807, 2.05) is 18.2 Å². The van der Waals surface area contributed by atoms with Crippen molar-refractivity contribution in [1.82, 2.24) is 19.1 Å². The summed E-state index contributed by atoms with van der Waals surface area (Å²) in [6.07, 6.45) is 3.26. The molecule has 1 aromatic carbocycles. The van der Waals surface area contributed by atoms with Gasteiger partial charge in [-0.2, -0.15) is 0 Å². The molecule has 8 heteroatoms. The highest BCUT2D eigenvalue weighted by molar-refractivity contribution is 5.97. The topological polar surface area (TPSA) is 59.6 Å². The number of piperidine rings is 1. The lowest BCUT2D eigenvalue weighted by Gasteiger charge is -2.31. The predicted octanol–water partition coefficient (Wildman–Crippen LogP) is 2.65. The van der Waals surface area contributed by atoms with Crippen LogP contribution in [0.25, 0.3) is 5.65 Å². The zero-order chi connectivity index (χ0) is 18.8. The van der Waals surface area contributed by atoms with Crippen molar-refractivity contribution in [3.63, 3.8) is 0 Å². The molecule has 0 radical (unpaired) electrons. The van der Waals surface area contributed by atoms with E-state index in [1.165, 1.54) is 21.2 Å². The summed E-state index contributed by atoms with van der Waals surface area (Å²) in [5.41, 5.74) is 1.09. The summed E-state index contributed by atoms with van der Waals surface area (Å²) in [4.78, 5) is 27.1. The van der Waals surface area contributed by atoms with Gasteiger partial charge in [0, 0.05) is 24.2 Å². The number of Topliss-reactive ketones (excluding diaryl/α,β-unsaturated/α-hetero) is 1. The Morgan fingerprint density at radius 1 is 1.07 bits per heavy atom. The Bertz CT molecular complexity index is 1010. The molecule has 0 bridgehead atoms. The van der Waals surface area contributed by atoms with Crippen molar-refractivity contribution in [2.75, 3.05) is 19.6 Å². The average Bonchev–Trinajstić information content (AvgIpc) is 3.03. The Kier molecular flexibility index (Phi) is 6.26. The van der Waals surface area contributed by atoms with Gasteiger partial charge in [-0.05, 0) is 62.3 Å². The zero-order valence-electron chi connectivity index (χ0n) is 15.3. The number of carbonyl (C=O) groups is 1. The Labute approximate surface area is 168 Å². The van der Waals surface area contributed by atoms with E-state index in [4.69, 9.17) is 0 Å². The molecular formula is C20H22ClFN4O2. The lowest BCUT2D eigenvalue weighted by Crippen LogP contribution is -2.39. The zero-order valence-corrected chi connectivity index (χ0v) is 16.1. The minimum atomic E-state index is -0.330. The number of fused-ring (bicyclic) bond motifs is 1. The summed E-state index contributed by atoms with van der Waals surface area (Å²) >= 11 is 0. The molecule has 0 spiro atoms. The number of nitrogens with zero attached hydrogens (tertiary/aromatic N) is 4. The third kappa shape index (κ3) is 4.15. The van der Waals surface area contributed by atoms with Crippen molar-refractivity contribution in [3.8, 4) is 0 Å². The first-order valence-electron chi connectivity index (χ1n) is 9.18. The number of aromatic nitrogens is 3. The molecule has 0 aliphatic carbocycles. The van der Waals surface area contributed by atoms with E-state index in [1.54, 1.807) is 18.3 Å². The fourth-order valence-corrected chi connectivity index (χ4v) is 3.62. The van der Waals surface area contributed by atoms with E-state index in [2.05, 4.69) is 10.00 Å². The molecule has 6 nitrogen and oxygen atoms in total. The molecule has 148 valence electrons. The van der Waals surface area contributed by atoms with Crippen molar-refractivity contribution < 1.29 is 9.18 Å². The quantitative estimate of drug-likeness (QED) is 0.613. The molecule has 0 amide bonds. The van der Waals surface area contributed by atoms with Crippen LogP contribution in [0.3, 0.4) is 0 Å². The maximum atomic E-state index is 13.0. The van der Waals surface area contributed by atoms with Gasteiger partial charge in [0.05, 0.1) is 6.54 Å². The number of ketones is 1. The molecule has 0 unspecified atom stereocenters. The van der Waals surface area contributed by atoms with Crippen molar-refractivity contribution in [2.24, 2.45) is 5.92 Å². The number of rotatable bonds is 5. The van der Waals surface area contributed by atoms with Crippen LogP contribution in [0.2, 0.25) is 0 Å². The molecule has 0 N–H and O–H groups in total. The van der Waals surface area contributed by atoms with E-state index in [-0.39, 0.29) is 35.6 Å². The van der Waals surface area contributed by atoms with E-state index < -0.39 is 0 Å². The molecule has 1 saturated heterocycles. The van der Waals surface area contributed by atoms with Crippen LogP contribution in [-0.2, 0) is 6.54 Å². The normalized spacial score (nSPS) is 15.5. The van der Waals surface area contributed by atoms with Crippen molar-refractivity contribution in [1.29, 1.82) is 0 Å². The maximum Gasteiger partial charge on any atom is 0.350 e. The fraction of sp³-hybridized carbons (Fsp3) is 0.350. The van der Waals surface area contributed by atoms with Crippen molar-refractivity contribution >= 4 is 23.8 Å². The number of halogens is 2. The number of pyridine rings is 1. The Morgan fingerprint density at radius 2 is 1.79 bits per heavy atom. The van der Waals surface area contributed by atoms with Gasteiger partial charge in [0.1, 0.15) is 5.82 Å². The van der Waals surface area contributed by atoms with Crippen molar-refractivity contribution in [2.45, 2.75) is 19.4 Å². The van der Waals surface area contributed by atoms with Gasteiger partial charge >= 0.3 is 5.69 Å². The highest BCUT2D eigenvalue weighted by Gasteiger charge is 2.25. The van der Waals surface area contributed by atoms with Crippen LogP contribution in [0.5, 0.6) is 0 Å². The van der Waals surface area contributed by atoms with E-state index >= 15 is 0 Å². The minimum absolute atomic E-state index is 0. The summed E-state index contributed by atoms with van der Waals surface area (Å²) < 4.78 is 16.0. The van der Waals surface area contributed by atoms with Crippen LogP contribution in [0.4, 0.5) is 4.39 Å². The fourth-order valence-electron chi connectivity index (χ4n) is 3.62. The molecule has 0 atom stereocenters. The van der Waals surface area contributed by atoms with Gasteiger partial charge in [0.2, 0.25) is 0 Å². The molecule has 2 aromatic heterocycles. The van der Waals surface area contributed by atoms with Crippen LogP contribution >= 0.6 is 12.4 Å². The number of benzene rings is 1. The first kappa shape index (κ1) is 20.2. The molecule has 3 heterocycles. The van der Waals surface area contributed by atoms with E-state index in [9.17, 15) is 14.0 Å². The van der Waals surface area contributed by atoms with E-state index in [0.717, 1.165) is 32.5 Å². The Balaban J connectivity index is 0.00000225. The van der Waals surface area contributed by atoms with Gasteiger partial charge in [0.25, 0.3) is 0 Å². The van der Waals surface area contributed by atoms with Gasteiger partial charge in [-0.25, -0.2) is 13.9 Å². The predicted molar refractivity (Wildman–Crippen MR) is 107 cm³/mol. The first-order valence-corrected chi connectivity index (χ1v) is 9.18. The van der Waals surface area contributed by atoms with Crippen LogP contribution in [0.1, 0.15) is 23.2 Å². The molecule has 4 rings (SSSR count). The van der Waals surface area contributed by atoms with Crippen LogP contribution < -0.4 is 5.69 Å². The maximum absolute atomic E-state index is 13.0. The molecule has 1 fully saturated rings. The summed E-state index contributed by atoms with van der Waals surface area (Å²) in [5, 5.41) is 4.34. The second-order valence-corrected chi connectivity index (χ2v) is 6.92. The average molecular weight is 405 g/mol.